The first-order valence-corrected chi connectivity index (χ1v) is 9.16. The molecule has 29 heavy (non-hydrogen) atoms. The summed E-state index contributed by atoms with van der Waals surface area (Å²) in [5.41, 5.74) is 12.8. The lowest BCUT2D eigenvalue weighted by molar-refractivity contribution is -0.137. The molecule has 1 amide bonds. The van der Waals surface area contributed by atoms with Crippen molar-refractivity contribution in [3.8, 4) is 0 Å². The van der Waals surface area contributed by atoms with Crippen molar-refractivity contribution >= 4 is 40.4 Å². The maximum absolute atomic E-state index is 14.9. The van der Waals surface area contributed by atoms with Crippen molar-refractivity contribution in [3.63, 3.8) is 0 Å². The van der Waals surface area contributed by atoms with E-state index in [2.05, 4.69) is 15.3 Å². The monoisotopic (exact) mass is 399 g/mol. The van der Waals surface area contributed by atoms with Crippen LogP contribution in [0.1, 0.15) is 37.7 Å². The van der Waals surface area contributed by atoms with Crippen molar-refractivity contribution in [1.29, 1.82) is 0 Å². The van der Waals surface area contributed by atoms with Crippen LogP contribution in [0, 0.1) is 11.7 Å². The zero-order valence-corrected chi connectivity index (χ0v) is 15.9. The lowest BCUT2D eigenvalue weighted by Gasteiger charge is -2.25. The van der Waals surface area contributed by atoms with E-state index in [4.69, 9.17) is 16.6 Å². The second-order valence-corrected chi connectivity index (χ2v) is 7.02. The molecule has 0 spiro atoms. The van der Waals surface area contributed by atoms with Crippen molar-refractivity contribution in [2.45, 2.75) is 32.1 Å². The fourth-order valence-electron chi connectivity index (χ4n) is 3.26. The Kier molecular flexibility index (Phi) is 5.76. The Labute approximate surface area is 166 Å². The molecule has 9 heteroatoms. The lowest BCUT2D eigenvalue weighted by atomic mass is 9.83. The molecule has 152 valence electrons. The number of nitrogens with two attached hydrogens (primary N) is 2. The van der Waals surface area contributed by atoms with Crippen molar-refractivity contribution in [1.82, 2.24) is 4.98 Å². The van der Waals surface area contributed by atoms with Crippen LogP contribution in [0.5, 0.6) is 0 Å². The SMILES string of the molecule is CC1C(N)=CN=CC1c1cc2cc(NC(=O)CCCC(=O)O)ncc2c(N)c1F. The van der Waals surface area contributed by atoms with Crippen LogP contribution in [-0.2, 0) is 9.59 Å². The number of carboxylic acid groups (broad SMARTS) is 1. The average molecular weight is 399 g/mol. The Hall–Kier alpha value is -3.49. The van der Waals surface area contributed by atoms with Crippen molar-refractivity contribution in [2.24, 2.45) is 16.6 Å². The second-order valence-electron chi connectivity index (χ2n) is 7.02. The summed E-state index contributed by atoms with van der Waals surface area (Å²) in [6, 6.07) is 3.27. The van der Waals surface area contributed by atoms with Crippen LogP contribution < -0.4 is 16.8 Å². The second kappa shape index (κ2) is 8.26. The van der Waals surface area contributed by atoms with Gasteiger partial charge in [0.1, 0.15) is 5.82 Å². The summed E-state index contributed by atoms with van der Waals surface area (Å²) in [4.78, 5) is 30.7. The third-order valence-electron chi connectivity index (χ3n) is 4.98. The van der Waals surface area contributed by atoms with Gasteiger partial charge < -0.3 is 21.9 Å². The van der Waals surface area contributed by atoms with Gasteiger partial charge in [-0.15, -0.1) is 0 Å². The zero-order valence-electron chi connectivity index (χ0n) is 15.9. The van der Waals surface area contributed by atoms with Crippen LogP contribution in [-0.4, -0.2) is 28.2 Å². The van der Waals surface area contributed by atoms with Crippen LogP contribution in [0.4, 0.5) is 15.9 Å². The first-order valence-electron chi connectivity index (χ1n) is 9.16. The van der Waals surface area contributed by atoms with E-state index in [-0.39, 0.29) is 48.5 Å². The molecule has 0 saturated heterocycles. The van der Waals surface area contributed by atoms with Gasteiger partial charge >= 0.3 is 5.97 Å². The molecule has 0 saturated carbocycles. The highest BCUT2D eigenvalue weighted by molar-refractivity contribution is 5.98. The number of allylic oxidation sites excluding steroid dienone is 1. The van der Waals surface area contributed by atoms with E-state index in [1.807, 2.05) is 6.92 Å². The average Bonchev–Trinajstić information content (AvgIpc) is 2.66. The van der Waals surface area contributed by atoms with Crippen LogP contribution in [0.15, 0.2) is 35.2 Å². The highest BCUT2D eigenvalue weighted by Gasteiger charge is 2.26. The van der Waals surface area contributed by atoms with Crippen LogP contribution in [0.2, 0.25) is 0 Å². The number of benzene rings is 1. The largest absolute Gasteiger partial charge is 0.481 e. The molecular weight excluding hydrogens is 377 g/mol. The molecule has 6 N–H and O–H groups in total. The number of nitrogen functional groups attached to an aromatic ring is 1. The minimum absolute atomic E-state index is 0.0296. The molecule has 1 aromatic carbocycles. The number of aliphatic imine (C=N–C) groups is 1. The van der Waals surface area contributed by atoms with Crippen LogP contribution in [0.25, 0.3) is 10.8 Å². The minimum Gasteiger partial charge on any atom is -0.481 e. The molecule has 2 unspecified atom stereocenters. The third-order valence-corrected chi connectivity index (χ3v) is 4.98. The Morgan fingerprint density at radius 3 is 2.76 bits per heavy atom. The Morgan fingerprint density at radius 2 is 2.03 bits per heavy atom. The predicted molar refractivity (Wildman–Crippen MR) is 109 cm³/mol. The number of anilines is 2. The number of nitrogens with zero attached hydrogens (tertiary/aromatic N) is 2. The van der Waals surface area contributed by atoms with E-state index in [1.54, 1.807) is 24.5 Å². The van der Waals surface area contributed by atoms with Gasteiger partial charge in [-0.2, -0.15) is 0 Å². The van der Waals surface area contributed by atoms with Gasteiger partial charge in [-0.05, 0) is 29.5 Å². The molecule has 0 radical (unpaired) electrons. The van der Waals surface area contributed by atoms with Gasteiger partial charge in [-0.3, -0.25) is 14.6 Å². The summed E-state index contributed by atoms with van der Waals surface area (Å²) in [6.07, 6.45) is 4.78. The number of rotatable bonds is 6. The Bertz CT molecular complexity index is 1030. The number of aromatic nitrogens is 1. The fraction of sp³-hybridized carbons (Fsp3) is 0.300. The normalized spacial score (nSPS) is 18.5. The van der Waals surface area contributed by atoms with E-state index in [0.29, 0.717) is 22.0 Å². The fourth-order valence-corrected chi connectivity index (χ4v) is 3.26. The summed E-state index contributed by atoms with van der Waals surface area (Å²) in [7, 11) is 0. The Morgan fingerprint density at radius 1 is 1.28 bits per heavy atom. The molecule has 8 nitrogen and oxygen atoms in total. The molecule has 2 aromatic rings. The van der Waals surface area contributed by atoms with E-state index in [1.165, 1.54) is 6.20 Å². The number of pyridine rings is 1. The number of hydrogen-bond donors (Lipinski definition) is 4. The van der Waals surface area contributed by atoms with E-state index < -0.39 is 11.8 Å². The van der Waals surface area contributed by atoms with Gasteiger partial charge in [0, 0.05) is 54.4 Å². The number of carbonyl (C=O) groups is 2. The summed E-state index contributed by atoms with van der Waals surface area (Å²) < 4.78 is 14.9. The van der Waals surface area contributed by atoms with Crippen molar-refractivity contribution in [2.75, 3.05) is 11.1 Å². The molecular formula is C20H22FN5O3. The maximum Gasteiger partial charge on any atom is 0.303 e. The quantitative estimate of drug-likeness (QED) is 0.550. The summed E-state index contributed by atoms with van der Waals surface area (Å²) in [5.74, 6) is -2.08. The first-order chi connectivity index (χ1) is 13.8. The smallest absolute Gasteiger partial charge is 0.303 e. The maximum atomic E-state index is 14.9. The van der Waals surface area contributed by atoms with Gasteiger partial charge in [0.25, 0.3) is 0 Å². The molecule has 0 bridgehead atoms. The first kappa shape index (κ1) is 20.2. The molecule has 2 atom stereocenters. The van der Waals surface area contributed by atoms with Gasteiger partial charge in [-0.1, -0.05) is 6.92 Å². The zero-order chi connectivity index (χ0) is 21.1. The molecule has 1 aromatic heterocycles. The number of fused-ring (bicyclic) bond motifs is 1. The van der Waals surface area contributed by atoms with Crippen LogP contribution >= 0.6 is 0 Å². The lowest BCUT2D eigenvalue weighted by Crippen LogP contribution is -2.22. The van der Waals surface area contributed by atoms with E-state index in [9.17, 15) is 14.0 Å². The molecule has 1 aliphatic heterocycles. The van der Waals surface area contributed by atoms with Crippen molar-refractivity contribution < 1.29 is 19.1 Å². The number of carboxylic acids is 1. The topological polar surface area (TPSA) is 144 Å². The number of amides is 1. The molecule has 0 aliphatic carbocycles. The number of carbonyl (C=O) groups excluding carboxylic acids is 1. The van der Waals surface area contributed by atoms with Gasteiger partial charge in [0.2, 0.25) is 5.91 Å². The number of halogens is 1. The molecule has 0 fully saturated rings. The summed E-state index contributed by atoms with van der Waals surface area (Å²) in [5, 5.41) is 12.3. The van der Waals surface area contributed by atoms with Gasteiger partial charge in [-0.25, -0.2) is 9.37 Å². The van der Waals surface area contributed by atoms with Crippen LogP contribution in [0.3, 0.4) is 0 Å². The van der Waals surface area contributed by atoms with E-state index >= 15 is 0 Å². The Balaban J connectivity index is 1.89. The van der Waals surface area contributed by atoms with Gasteiger partial charge in [0.15, 0.2) is 5.82 Å². The number of hydrogen-bond acceptors (Lipinski definition) is 6. The standard InChI is InChI=1S/C20H22FN5O3/c1-10-13(7-24-9-15(10)22)12-5-11-6-16(25-8-14(11)20(23)19(12)21)26-17(27)3-2-4-18(28)29/h5-10,13H,2-4,22-23H2,1H3,(H,28,29)(H,25,26,27). The third kappa shape index (κ3) is 4.34. The van der Waals surface area contributed by atoms with Gasteiger partial charge in [0.05, 0.1) is 5.69 Å². The molecule has 1 aliphatic rings. The highest BCUT2D eigenvalue weighted by Crippen LogP contribution is 2.36. The summed E-state index contributed by atoms with van der Waals surface area (Å²) in [6.45, 7) is 1.89. The highest BCUT2D eigenvalue weighted by atomic mass is 19.1. The summed E-state index contributed by atoms with van der Waals surface area (Å²) >= 11 is 0. The molecule has 3 rings (SSSR count). The van der Waals surface area contributed by atoms with Crippen molar-refractivity contribution in [3.05, 3.63) is 41.6 Å². The predicted octanol–water partition coefficient (Wildman–Crippen LogP) is 2.75. The number of nitrogens with one attached hydrogen (secondary N) is 1. The minimum atomic E-state index is -0.956. The van der Waals surface area contributed by atoms with E-state index in [0.717, 1.165) is 0 Å². The number of aliphatic carboxylic acids is 1. The molecule has 2 heterocycles.